The average Bonchev–Trinajstić information content (AvgIpc) is 2.66. The molecule has 0 heterocycles. The number of unbranched alkanes of at least 4 members (excludes halogenated alkanes) is 2. The van der Waals surface area contributed by atoms with E-state index in [2.05, 4.69) is 67.7 Å². The van der Waals surface area contributed by atoms with E-state index in [-0.39, 0.29) is 5.76 Å². The van der Waals surface area contributed by atoms with Crippen LogP contribution in [0.2, 0.25) is 0 Å². The molecule has 0 aromatic heterocycles. The fraction of sp³-hybridized carbons (Fsp3) is 0.458. The van der Waals surface area contributed by atoms with Crippen molar-refractivity contribution in [1.29, 1.82) is 0 Å². The first-order valence-corrected chi connectivity index (χ1v) is 10.0. The standard InChI is InChI=1S/C24H36O3/c1-3-5-6-7-8-9-10-11-12-13-14-15-16-17-18-19-20-21-22-23(24(25)26)27-4-2/h5-6,8-9,11-12,14-15,17-18,22H,3-4,7,10,13,16,19-21H2,1-2H3,(H,25,26). The van der Waals surface area contributed by atoms with Crippen molar-refractivity contribution < 1.29 is 14.6 Å². The molecule has 1 N–H and O–H groups in total. The number of ether oxygens (including phenoxy) is 1. The predicted octanol–water partition coefficient (Wildman–Crippen LogP) is 6.91. The first kappa shape index (κ1) is 24.7. The van der Waals surface area contributed by atoms with Crippen LogP contribution in [0.15, 0.2) is 72.6 Å². The topological polar surface area (TPSA) is 46.5 Å². The number of carbonyl (C=O) groups is 1. The zero-order chi connectivity index (χ0) is 20.0. The lowest BCUT2D eigenvalue weighted by molar-refractivity contribution is -0.136. The lowest BCUT2D eigenvalue weighted by Gasteiger charge is -2.02. The molecule has 27 heavy (non-hydrogen) atoms. The molecule has 0 saturated heterocycles. The summed E-state index contributed by atoms with van der Waals surface area (Å²) in [5.74, 6) is -0.937. The molecule has 0 aromatic carbocycles. The molecule has 150 valence electrons. The largest absolute Gasteiger partial charge is 0.487 e. The molecule has 0 amide bonds. The van der Waals surface area contributed by atoms with Crippen LogP contribution in [0.3, 0.4) is 0 Å². The van der Waals surface area contributed by atoms with Gasteiger partial charge in [-0.2, -0.15) is 0 Å². The van der Waals surface area contributed by atoms with Crippen LogP contribution in [-0.4, -0.2) is 17.7 Å². The fourth-order valence-electron chi connectivity index (χ4n) is 2.20. The first-order chi connectivity index (χ1) is 13.2. The average molecular weight is 373 g/mol. The highest BCUT2D eigenvalue weighted by Crippen LogP contribution is 2.05. The van der Waals surface area contributed by atoms with Gasteiger partial charge in [0.15, 0.2) is 5.76 Å². The highest BCUT2D eigenvalue weighted by Gasteiger charge is 2.05. The Balaban J connectivity index is 3.68. The van der Waals surface area contributed by atoms with E-state index in [0.29, 0.717) is 6.61 Å². The van der Waals surface area contributed by atoms with E-state index in [1.54, 1.807) is 13.0 Å². The second kappa shape index (κ2) is 20.0. The maximum absolute atomic E-state index is 10.9. The third-order valence-electron chi connectivity index (χ3n) is 3.57. The summed E-state index contributed by atoms with van der Waals surface area (Å²) in [6, 6.07) is 0. The van der Waals surface area contributed by atoms with Gasteiger partial charge >= 0.3 is 5.97 Å². The van der Waals surface area contributed by atoms with Crippen molar-refractivity contribution in [3.8, 4) is 0 Å². The third kappa shape index (κ3) is 18.3. The second-order valence-electron chi connectivity index (χ2n) is 5.95. The van der Waals surface area contributed by atoms with Crippen LogP contribution < -0.4 is 0 Å². The van der Waals surface area contributed by atoms with Gasteiger partial charge in [0.2, 0.25) is 0 Å². The van der Waals surface area contributed by atoms with Crippen LogP contribution in [0.5, 0.6) is 0 Å². The van der Waals surface area contributed by atoms with Gasteiger partial charge < -0.3 is 9.84 Å². The van der Waals surface area contributed by atoms with E-state index >= 15 is 0 Å². The van der Waals surface area contributed by atoms with Crippen molar-refractivity contribution in [1.82, 2.24) is 0 Å². The Bertz CT molecular complexity index is 534. The van der Waals surface area contributed by atoms with Crippen LogP contribution in [0.4, 0.5) is 0 Å². The third-order valence-corrected chi connectivity index (χ3v) is 3.57. The number of hydrogen-bond donors (Lipinski definition) is 1. The van der Waals surface area contributed by atoms with Gasteiger partial charge in [0.25, 0.3) is 0 Å². The summed E-state index contributed by atoms with van der Waals surface area (Å²) in [5.41, 5.74) is 0. The Hall–Kier alpha value is -2.29. The van der Waals surface area contributed by atoms with Crippen LogP contribution >= 0.6 is 0 Å². The van der Waals surface area contributed by atoms with E-state index in [9.17, 15) is 4.79 Å². The zero-order valence-corrected chi connectivity index (χ0v) is 17.0. The lowest BCUT2D eigenvalue weighted by Crippen LogP contribution is -2.04. The van der Waals surface area contributed by atoms with Gasteiger partial charge in [-0.15, -0.1) is 0 Å². The van der Waals surface area contributed by atoms with Crippen LogP contribution in [0, 0.1) is 0 Å². The Kier molecular flexibility index (Phi) is 18.3. The SMILES string of the molecule is CCC=CCC=CCC=CCC=CCC=CCCCC=C(OCC)C(=O)O. The van der Waals surface area contributed by atoms with E-state index in [1.165, 1.54) is 0 Å². The minimum absolute atomic E-state index is 0.0567. The van der Waals surface area contributed by atoms with E-state index in [1.807, 2.05) is 0 Å². The Morgan fingerprint density at radius 1 is 0.741 bits per heavy atom. The highest BCUT2D eigenvalue weighted by molar-refractivity contribution is 5.84. The molecule has 0 atom stereocenters. The maximum atomic E-state index is 10.9. The molecule has 3 nitrogen and oxygen atoms in total. The van der Waals surface area contributed by atoms with Crippen LogP contribution in [0.1, 0.15) is 65.2 Å². The number of hydrogen-bond acceptors (Lipinski definition) is 2. The van der Waals surface area contributed by atoms with Crippen molar-refractivity contribution in [2.75, 3.05) is 6.61 Å². The van der Waals surface area contributed by atoms with E-state index < -0.39 is 5.97 Å². The van der Waals surface area contributed by atoms with Gasteiger partial charge in [-0.05, 0) is 64.4 Å². The van der Waals surface area contributed by atoms with E-state index in [4.69, 9.17) is 9.84 Å². The molecule has 0 radical (unpaired) electrons. The monoisotopic (exact) mass is 372 g/mol. The summed E-state index contributed by atoms with van der Waals surface area (Å²) in [7, 11) is 0. The van der Waals surface area contributed by atoms with E-state index in [0.717, 1.165) is 51.4 Å². The molecule has 0 bridgehead atoms. The molecule has 0 aliphatic rings. The lowest BCUT2D eigenvalue weighted by atomic mass is 10.2. The minimum Gasteiger partial charge on any atom is -0.487 e. The number of aliphatic carboxylic acids is 1. The first-order valence-electron chi connectivity index (χ1n) is 10.0. The normalized spacial score (nSPS) is 13.2. The van der Waals surface area contributed by atoms with Crippen molar-refractivity contribution in [3.05, 3.63) is 72.6 Å². The molecule has 0 saturated carbocycles. The molecule has 3 heteroatoms. The molecule has 0 aliphatic carbocycles. The molecule has 0 spiro atoms. The van der Waals surface area contributed by atoms with Gasteiger partial charge in [-0.1, -0.05) is 67.7 Å². The molecular weight excluding hydrogens is 336 g/mol. The Labute approximate surface area is 165 Å². The number of rotatable bonds is 16. The van der Waals surface area contributed by atoms with Crippen LogP contribution in [0.25, 0.3) is 0 Å². The minimum atomic E-state index is -0.994. The number of carboxylic acids is 1. The molecule has 0 fully saturated rings. The smallest absolute Gasteiger partial charge is 0.370 e. The van der Waals surface area contributed by atoms with Crippen molar-refractivity contribution in [2.45, 2.75) is 65.2 Å². The molecule has 0 aliphatic heterocycles. The molecule has 0 aromatic rings. The van der Waals surface area contributed by atoms with Gasteiger partial charge in [-0.25, -0.2) is 4.79 Å². The van der Waals surface area contributed by atoms with Crippen molar-refractivity contribution in [2.24, 2.45) is 0 Å². The number of allylic oxidation sites excluding steroid dienone is 11. The van der Waals surface area contributed by atoms with Crippen molar-refractivity contribution >= 4 is 5.97 Å². The van der Waals surface area contributed by atoms with Gasteiger partial charge in [0.05, 0.1) is 6.61 Å². The van der Waals surface area contributed by atoms with Crippen LogP contribution in [-0.2, 0) is 9.53 Å². The summed E-state index contributed by atoms with van der Waals surface area (Å²) in [5, 5.41) is 8.92. The van der Waals surface area contributed by atoms with Gasteiger partial charge in [0.1, 0.15) is 0 Å². The summed E-state index contributed by atoms with van der Waals surface area (Å²) >= 11 is 0. The molecule has 0 rings (SSSR count). The van der Waals surface area contributed by atoms with Gasteiger partial charge in [-0.3, -0.25) is 0 Å². The quantitative estimate of drug-likeness (QED) is 0.138. The predicted molar refractivity (Wildman–Crippen MR) is 116 cm³/mol. The summed E-state index contributed by atoms with van der Waals surface area (Å²) in [4.78, 5) is 10.9. The zero-order valence-electron chi connectivity index (χ0n) is 17.0. The molecular formula is C24H36O3. The molecule has 0 unspecified atom stereocenters. The number of carboxylic acid groups (broad SMARTS) is 1. The highest BCUT2D eigenvalue weighted by atomic mass is 16.5. The van der Waals surface area contributed by atoms with Crippen molar-refractivity contribution in [3.63, 3.8) is 0 Å². The second-order valence-corrected chi connectivity index (χ2v) is 5.95. The van der Waals surface area contributed by atoms with Gasteiger partial charge in [0, 0.05) is 0 Å². The summed E-state index contributed by atoms with van der Waals surface area (Å²) < 4.78 is 5.06. The fourth-order valence-corrected chi connectivity index (χ4v) is 2.20. The Morgan fingerprint density at radius 2 is 1.22 bits per heavy atom. The maximum Gasteiger partial charge on any atom is 0.370 e. The summed E-state index contributed by atoms with van der Waals surface area (Å²) in [6.45, 7) is 4.31. The Morgan fingerprint density at radius 3 is 1.67 bits per heavy atom. The summed E-state index contributed by atoms with van der Waals surface area (Å²) in [6.07, 6.45) is 31.1.